The summed E-state index contributed by atoms with van der Waals surface area (Å²) in [4.78, 5) is 27.0. The molecule has 2 aromatic rings. The molecule has 0 saturated carbocycles. The van der Waals surface area contributed by atoms with E-state index < -0.39 is 0 Å². The number of carbonyl (C=O) groups excluding carboxylic acids is 2. The van der Waals surface area contributed by atoms with Crippen molar-refractivity contribution < 1.29 is 19.1 Å². The number of fused-ring (bicyclic) bond motifs is 1. The highest BCUT2D eigenvalue weighted by atomic mass is 35.5. The van der Waals surface area contributed by atoms with Gasteiger partial charge in [-0.05, 0) is 48.7 Å². The predicted molar refractivity (Wildman–Crippen MR) is 111 cm³/mol. The SMILES string of the molecule is O=C(CN1C(=O)/C(=C\c2cccc(Cl)c2)Oc2ccccc21)NCC1CCCO1. The summed E-state index contributed by atoms with van der Waals surface area (Å²) in [6.45, 7) is 1.08. The van der Waals surface area contributed by atoms with Gasteiger partial charge in [0, 0.05) is 18.2 Å². The molecule has 2 aliphatic heterocycles. The number of halogens is 1. The minimum absolute atomic E-state index is 0.0462. The largest absolute Gasteiger partial charge is 0.449 e. The molecule has 1 fully saturated rings. The van der Waals surface area contributed by atoms with Crippen molar-refractivity contribution in [1.82, 2.24) is 5.32 Å². The van der Waals surface area contributed by atoms with Gasteiger partial charge in [-0.1, -0.05) is 35.9 Å². The van der Waals surface area contributed by atoms with Crippen LogP contribution in [0.25, 0.3) is 6.08 Å². The molecule has 2 heterocycles. The van der Waals surface area contributed by atoms with Gasteiger partial charge in [-0.15, -0.1) is 0 Å². The maximum atomic E-state index is 13.1. The number of anilines is 1. The van der Waals surface area contributed by atoms with Crippen molar-refractivity contribution in [3.8, 4) is 5.75 Å². The smallest absolute Gasteiger partial charge is 0.294 e. The molecule has 0 radical (unpaired) electrons. The molecule has 7 heteroatoms. The van der Waals surface area contributed by atoms with Crippen LogP contribution in [-0.2, 0) is 14.3 Å². The molecule has 6 nitrogen and oxygen atoms in total. The number of amides is 2. The van der Waals surface area contributed by atoms with Gasteiger partial charge in [-0.25, -0.2) is 0 Å². The first kappa shape index (κ1) is 19.5. The molecule has 2 amide bonds. The summed E-state index contributed by atoms with van der Waals surface area (Å²) in [6, 6.07) is 14.3. The minimum Gasteiger partial charge on any atom is -0.449 e. The Balaban J connectivity index is 1.54. The fourth-order valence-corrected chi connectivity index (χ4v) is 3.60. The maximum Gasteiger partial charge on any atom is 0.294 e. The van der Waals surface area contributed by atoms with E-state index in [1.165, 1.54) is 4.90 Å². The number of ether oxygens (including phenoxy) is 2. The molecule has 0 bridgehead atoms. The zero-order chi connectivity index (χ0) is 20.2. The van der Waals surface area contributed by atoms with E-state index >= 15 is 0 Å². The number of nitrogens with one attached hydrogen (secondary N) is 1. The van der Waals surface area contributed by atoms with Gasteiger partial charge in [0.05, 0.1) is 11.8 Å². The molecule has 1 saturated heterocycles. The van der Waals surface area contributed by atoms with Gasteiger partial charge < -0.3 is 14.8 Å². The molecule has 2 aromatic carbocycles. The second-order valence-corrected chi connectivity index (χ2v) is 7.40. The summed E-state index contributed by atoms with van der Waals surface area (Å²) >= 11 is 6.04. The van der Waals surface area contributed by atoms with Crippen LogP contribution in [0.15, 0.2) is 54.3 Å². The quantitative estimate of drug-likeness (QED) is 0.764. The molecule has 0 aliphatic carbocycles. The number of nitrogens with zero attached hydrogens (tertiary/aromatic N) is 1. The third kappa shape index (κ3) is 4.60. The standard InChI is InChI=1S/C22H21ClN2O4/c23-16-6-3-5-15(11-16)12-20-22(27)25(18-8-1-2-9-19(18)29-20)14-21(26)24-13-17-7-4-10-28-17/h1-3,5-6,8-9,11-12,17H,4,7,10,13-14H2,(H,24,26)/b20-12+. The van der Waals surface area contributed by atoms with Crippen molar-refractivity contribution in [2.45, 2.75) is 18.9 Å². The van der Waals surface area contributed by atoms with Crippen LogP contribution in [0.5, 0.6) is 5.75 Å². The van der Waals surface area contributed by atoms with Gasteiger partial charge >= 0.3 is 0 Å². The number of hydrogen-bond acceptors (Lipinski definition) is 4. The third-order valence-corrected chi connectivity index (χ3v) is 5.07. The van der Waals surface area contributed by atoms with Crippen LogP contribution < -0.4 is 15.0 Å². The second kappa shape index (κ2) is 8.68. The first-order valence-corrected chi connectivity index (χ1v) is 9.92. The summed E-state index contributed by atoms with van der Waals surface area (Å²) in [5.74, 6) is 0.0359. The zero-order valence-electron chi connectivity index (χ0n) is 15.8. The number of hydrogen-bond donors (Lipinski definition) is 1. The summed E-state index contributed by atoms with van der Waals surface area (Å²) < 4.78 is 11.3. The van der Waals surface area contributed by atoms with E-state index in [2.05, 4.69) is 5.32 Å². The van der Waals surface area contributed by atoms with E-state index in [1.54, 1.807) is 42.5 Å². The molecule has 150 valence electrons. The molecule has 4 rings (SSSR count). The fraction of sp³-hybridized carbons (Fsp3) is 0.273. The van der Waals surface area contributed by atoms with E-state index in [4.69, 9.17) is 21.1 Å². The molecule has 1 N–H and O–H groups in total. The molecule has 29 heavy (non-hydrogen) atoms. The highest BCUT2D eigenvalue weighted by Crippen LogP contribution is 2.35. The summed E-state index contributed by atoms with van der Waals surface area (Å²) in [7, 11) is 0. The highest BCUT2D eigenvalue weighted by Gasteiger charge is 2.31. The second-order valence-electron chi connectivity index (χ2n) is 6.96. The van der Waals surface area contributed by atoms with Crippen molar-refractivity contribution in [3.05, 3.63) is 64.9 Å². The first-order valence-electron chi connectivity index (χ1n) is 9.54. The highest BCUT2D eigenvalue weighted by molar-refractivity contribution is 6.30. The average Bonchev–Trinajstić information content (AvgIpc) is 3.23. The van der Waals surface area contributed by atoms with Crippen molar-refractivity contribution in [1.29, 1.82) is 0 Å². The molecular weight excluding hydrogens is 392 g/mol. The topological polar surface area (TPSA) is 67.9 Å². The average molecular weight is 413 g/mol. The monoisotopic (exact) mass is 412 g/mol. The Hall–Kier alpha value is -2.83. The van der Waals surface area contributed by atoms with Crippen LogP contribution >= 0.6 is 11.6 Å². The molecule has 2 aliphatic rings. The van der Waals surface area contributed by atoms with E-state index in [9.17, 15) is 9.59 Å². The lowest BCUT2D eigenvalue weighted by molar-refractivity contribution is -0.123. The predicted octanol–water partition coefficient (Wildman–Crippen LogP) is 3.40. The van der Waals surface area contributed by atoms with Crippen molar-refractivity contribution in [2.75, 3.05) is 24.6 Å². The Morgan fingerprint density at radius 3 is 2.90 bits per heavy atom. The number of rotatable bonds is 5. The first-order chi connectivity index (χ1) is 14.1. The van der Waals surface area contributed by atoms with Crippen LogP contribution in [0.2, 0.25) is 5.02 Å². The Bertz CT molecular complexity index is 953. The fourth-order valence-electron chi connectivity index (χ4n) is 3.40. The number of carbonyl (C=O) groups is 2. The van der Waals surface area contributed by atoms with Crippen LogP contribution in [0.3, 0.4) is 0 Å². The van der Waals surface area contributed by atoms with Crippen LogP contribution in [0.4, 0.5) is 5.69 Å². The third-order valence-electron chi connectivity index (χ3n) is 4.83. The van der Waals surface area contributed by atoms with Crippen molar-refractivity contribution in [3.63, 3.8) is 0 Å². The normalized spacial score (nSPS) is 19.8. The molecule has 1 atom stereocenters. The van der Waals surface area contributed by atoms with E-state index in [0.29, 0.717) is 23.0 Å². The Morgan fingerprint density at radius 1 is 1.24 bits per heavy atom. The van der Waals surface area contributed by atoms with Crippen LogP contribution in [0, 0.1) is 0 Å². The number of benzene rings is 2. The molecule has 1 unspecified atom stereocenters. The van der Waals surface area contributed by atoms with Gasteiger partial charge in [0.1, 0.15) is 6.54 Å². The van der Waals surface area contributed by atoms with Gasteiger partial charge in [-0.2, -0.15) is 0 Å². The molecular formula is C22H21ClN2O4. The van der Waals surface area contributed by atoms with Gasteiger partial charge in [-0.3, -0.25) is 14.5 Å². The summed E-state index contributed by atoms with van der Waals surface area (Å²) in [6.07, 6.45) is 3.62. The van der Waals surface area contributed by atoms with E-state index in [0.717, 1.165) is 25.0 Å². The lowest BCUT2D eigenvalue weighted by atomic mass is 10.1. The summed E-state index contributed by atoms with van der Waals surface area (Å²) in [5, 5.41) is 3.42. The number of para-hydroxylation sites is 2. The van der Waals surface area contributed by atoms with Gasteiger partial charge in [0.2, 0.25) is 5.91 Å². The lowest BCUT2D eigenvalue weighted by Gasteiger charge is -2.30. The minimum atomic E-state index is -0.379. The lowest BCUT2D eigenvalue weighted by Crippen LogP contribution is -2.45. The van der Waals surface area contributed by atoms with Gasteiger partial charge in [0.25, 0.3) is 5.91 Å². The Labute approximate surface area is 174 Å². The zero-order valence-corrected chi connectivity index (χ0v) is 16.5. The van der Waals surface area contributed by atoms with E-state index in [1.807, 2.05) is 12.1 Å². The van der Waals surface area contributed by atoms with Crippen LogP contribution in [0.1, 0.15) is 18.4 Å². The maximum absolute atomic E-state index is 13.1. The van der Waals surface area contributed by atoms with Gasteiger partial charge in [0.15, 0.2) is 11.5 Å². The Kier molecular flexibility index (Phi) is 5.83. The molecule has 0 spiro atoms. The van der Waals surface area contributed by atoms with Crippen LogP contribution in [-0.4, -0.2) is 37.6 Å². The molecule has 0 aromatic heterocycles. The van der Waals surface area contributed by atoms with Crippen molar-refractivity contribution in [2.24, 2.45) is 0 Å². The van der Waals surface area contributed by atoms with Crippen molar-refractivity contribution >= 4 is 35.2 Å². The Morgan fingerprint density at radius 2 is 2.10 bits per heavy atom. The summed E-state index contributed by atoms with van der Waals surface area (Å²) in [5.41, 5.74) is 1.30. The van der Waals surface area contributed by atoms with E-state index in [-0.39, 0.29) is 30.2 Å².